The summed E-state index contributed by atoms with van der Waals surface area (Å²) in [5, 5.41) is 8.83. The maximum absolute atomic E-state index is 12.3. The summed E-state index contributed by atoms with van der Waals surface area (Å²) in [6.07, 6.45) is 4.24. The van der Waals surface area contributed by atoms with E-state index in [1.807, 2.05) is 0 Å². The number of aliphatic hydroxyl groups is 1. The van der Waals surface area contributed by atoms with Crippen LogP contribution in [-0.2, 0) is 24.7 Å². The van der Waals surface area contributed by atoms with Crippen molar-refractivity contribution < 1.29 is 31.2 Å². The zero-order valence-corrected chi connectivity index (χ0v) is 12.4. The van der Waals surface area contributed by atoms with E-state index in [0.29, 0.717) is 0 Å². The Morgan fingerprint density at radius 3 is 2.20 bits per heavy atom. The normalized spacial score (nSPS) is 30.6. The van der Waals surface area contributed by atoms with Gasteiger partial charge in [0.1, 0.15) is 0 Å². The summed E-state index contributed by atoms with van der Waals surface area (Å²) in [5.41, 5.74) is 3.50. The third-order valence-corrected chi connectivity index (χ3v) is 7.62. The number of allylic oxidation sites excluding steroid dienone is 2. The number of nitrogens with two attached hydrogens (primary N) is 1. The Labute approximate surface area is 117 Å². The Kier molecular flexibility index (Phi) is 4.79. The predicted molar refractivity (Wildman–Crippen MR) is 72.0 cm³/mol. The topological polar surface area (TPSA) is 144 Å². The fraction of sp³-hybridized carbons (Fsp3) is 0.600. The first kappa shape index (κ1) is 17.3. The van der Waals surface area contributed by atoms with Crippen LogP contribution in [0.3, 0.4) is 0 Å². The number of rotatable bonds is 6. The van der Waals surface area contributed by atoms with Gasteiger partial charge in [0.05, 0.1) is 12.4 Å². The molecule has 1 aliphatic rings. The standard InChI is InChI=1S/C10H17NO7S2/c1-2-18-9(11)5-3-4-6-10(9,20(15,16)17)19(13,14)8-7-12/h3-6,12H,2,7-8,11H2,1H3,(H,15,16,17). The molecular weight excluding hydrogens is 310 g/mol. The lowest BCUT2D eigenvalue weighted by Gasteiger charge is -2.42. The van der Waals surface area contributed by atoms with Crippen molar-refractivity contribution in [2.24, 2.45) is 5.73 Å². The van der Waals surface area contributed by atoms with E-state index in [9.17, 15) is 21.4 Å². The fourth-order valence-electron chi connectivity index (χ4n) is 2.08. The van der Waals surface area contributed by atoms with Gasteiger partial charge in [-0.2, -0.15) is 8.42 Å². The Morgan fingerprint density at radius 1 is 1.20 bits per heavy atom. The summed E-state index contributed by atoms with van der Waals surface area (Å²) in [6, 6.07) is 0. The van der Waals surface area contributed by atoms with E-state index in [1.54, 1.807) is 0 Å². The Bertz CT molecular complexity index is 622. The van der Waals surface area contributed by atoms with Crippen molar-refractivity contribution >= 4 is 20.0 Å². The molecule has 0 aromatic heterocycles. The summed E-state index contributed by atoms with van der Waals surface area (Å²) >= 11 is 0. The Balaban J connectivity index is 3.71. The predicted octanol–water partition coefficient (Wildman–Crippen LogP) is -1.20. The van der Waals surface area contributed by atoms with Crippen LogP contribution in [0.25, 0.3) is 0 Å². The van der Waals surface area contributed by atoms with Crippen LogP contribution < -0.4 is 5.73 Å². The maximum atomic E-state index is 12.3. The molecule has 116 valence electrons. The largest absolute Gasteiger partial charge is 0.395 e. The minimum atomic E-state index is -5.18. The molecule has 2 unspecified atom stereocenters. The molecule has 2 atom stereocenters. The first-order valence-electron chi connectivity index (χ1n) is 5.68. The summed E-state index contributed by atoms with van der Waals surface area (Å²) in [4.78, 5) is 0. The molecule has 0 aromatic carbocycles. The van der Waals surface area contributed by atoms with Gasteiger partial charge in [0.2, 0.25) is 0 Å². The third kappa shape index (κ3) is 2.43. The van der Waals surface area contributed by atoms with Crippen LogP contribution in [0, 0.1) is 0 Å². The number of sulfone groups is 1. The van der Waals surface area contributed by atoms with Gasteiger partial charge < -0.3 is 9.84 Å². The van der Waals surface area contributed by atoms with Gasteiger partial charge in [0, 0.05) is 6.61 Å². The summed E-state index contributed by atoms with van der Waals surface area (Å²) in [6.45, 7) is 0.591. The van der Waals surface area contributed by atoms with E-state index in [4.69, 9.17) is 15.6 Å². The van der Waals surface area contributed by atoms with Crippen molar-refractivity contribution in [2.75, 3.05) is 19.0 Å². The molecule has 0 bridgehead atoms. The number of aliphatic hydroxyl groups excluding tert-OH is 1. The van der Waals surface area contributed by atoms with Crippen molar-refractivity contribution in [1.29, 1.82) is 0 Å². The van der Waals surface area contributed by atoms with Gasteiger partial charge in [-0.1, -0.05) is 12.2 Å². The maximum Gasteiger partial charge on any atom is 0.293 e. The highest BCUT2D eigenvalue weighted by atomic mass is 32.3. The zero-order chi connectivity index (χ0) is 15.7. The second-order valence-electron chi connectivity index (χ2n) is 4.13. The molecule has 0 aliphatic heterocycles. The van der Waals surface area contributed by atoms with Gasteiger partial charge in [-0.05, 0) is 19.1 Å². The molecule has 0 spiro atoms. The monoisotopic (exact) mass is 327 g/mol. The molecule has 0 radical (unpaired) electrons. The average Bonchev–Trinajstić information content (AvgIpc) is 2.27. The summed E-state index contributed by atoms with van der Waals surface area (Å²) < 4.78 is 59.8. The van der Waals surface area contributed by atoms with Crippen molar-refractivity contribution in [3.63, 3.8) is 0 Å². The first-order valence-corrected chi connectivity index (χ1v) is 8.77. The minimum absolute atomic E-state index is 0.0827. The molecule has 0 saturated carbocycles. The molecule has 1 aliphatic carbocycles. The second kappa shape index (κ2) is 5.54. The van der Waals surface area contributed by atoms with Crippen LogP contribution in [0.2, 0.25) is 0 Å². The molecule has 0 heterocycles. The Hall–Kier alpha value is -0.780. The lowest BCUT2D eigenvalue weighted by Crippen LogP contribution is -2.68. The van der Waals surface area contributed by atoms with E-state index in [1.165, 1.54) is 13.0 Å². The van der Waals surface area contributed by atoms with Crippen LogP contribution in [0.5, 0.6) is 0 Å². The van der Waals surface area contributed by atoms with Crippen LogP contribution in [-0.4, -0.2) is 55.3 Å². The van der Waals surface area contributed by atoms with E-state index in [2.05, 4.69) is 0 Å². The molecule has 0 aromatic rings. The van der Waals surface area contributed by atoms with Crippen molar-refractivity contribution in [3.8, 4) is 0 Å². The lowest BCUT2D eigenvalue weighted by molar-refractivity contribution is -0.00219. The quantitative estimate of drug-likeness (QED) is 0.407. The minimum Gasteiger partial charge on any atom is -0.395 e. The molecule has 4 N–H and O–H groups in total. The molecular formula is C10H17NO7S2. The molecule has 0 fully saturated rings. The van der Waals surface area contributed by atoms with E-state index in [-0.39, 0.29) is 6.61 Å². The zero-order valence-electron chi connectivity index (χ0n) is 10.8. The van der Waals surface area contributed by atoms with Crippen molar-refractivity contribution in [3.05, 3.63) is 24.3 Å². The van der Waals surface area contributed by atoms with Gasteiger partial charge in [-0.3, -0.25) is 10.3 Å². The van der Waals surface area contributed by atoms with Crippen LogP contribution in [0.1, 0.15) is 6.92 Å². The number of hydrogen-bond acceptors (Lipinski definition) is 7. The molecule has 20 heavy (non-hydrogen) atoms. The smallest absolute Gasteiger partial charge is 0.293 e. The summed E-state index contributed by atoms with van der Waals surface area (Å²) in [5.74, 6) is -0.892. The van der Waals surface area contributed by atoms with Gasteiger partial charge in [0.15, 0.2) is 15.6 Å². The molecule has 0 saturated heterocycles. The highest BCUT2D eigenvalue weighted by molar-refractivity contribution is 8.08. The highest BCUT2D eigenvalue weighted by Crippen LogP contribution is 2.40. The van der Waals surface area contributed by atoms with E-state index < -0.39 is 42.1 Å². The van der Waals surface area contributed by atoms with Crippen LogP contribution in [0.4, 0.5) is 0 Å². The lowest BCUT2D eigenvalue weighted by atomic mass is 10.0. The van der Waals surface area contributed by atoms with Crippen molar-refractivity contribution in [2.45, 2.75) is 16.7 Å². The number of hydrogen-bond donors (Lipinski definition) is 3. The van der Waals surface area contributed by atoms with Gasteiger partial charge in [0.25, 0.3) is 14.2 Å². The second-order valence-corrected chi connectivity index (χ2v) is 8.26. The van der Waals surface area contributed by atoms with E-state index >= 15 is 0 Å². The Morgan fingerprint density at radius 2 is 1.75 bits per heavy atom. The van der Waals surface area contributed by atoms with E-state index in [0.717, 1.165) is 18.2 Å². The summed E-state index contributed by atoms with van der Waals surface area (Å²) in [7, 11) is -9.74. The SMILES string of the molecule is CCOC1(N)C=CC=CC1(S(=O)(=O)O)S(=O)(=O)CCO. The van der Waals surface area contributed by atoms with Crippen molar-refractivity contribution in [1.82, 2.24) is 0 Å². The molecule has 10 heteroatoms. The van der Waals surface area contributed by atoms with Crippen LogP contribution >= 0.6 is 0 Å². The van der Waals surface area contributed by atoms with Crippen LogP contribution in [0.15, 0.2) is 24.3 Å². The third-order valence-electron chi connectivity index (χ3n) is 2.90. The molecule has 0 amide bonds. The van der Waals surface area contributed by atoms with Gasteiger partial charge in [-0.15, -0.1) is 0 Å². The molecule has 8 nitrogen and oxygen atoms in total. The van der Waals surface area contributed by atoms with Gasteiger partial charge >= 0.3 is 0 Å². The fourth-order valence-corrected chi connectivity index (χ4v) is 5.84. The highest BCUT2D eigenvalue weighted by Gasteiger charge is 2.65. The average molecular weight is 327 g/mol. The number of ether oxygens (including phenoxy) is 1. The first-order chi connectivity index (χ1) is 9.08. The van der Waals surface area contributed by atoms with Gasteiger partial charge in [-0.25, -0.2) is 8.42 Å². The molecule has 1 rings (SSSR count).